The molecule has 2 aromatic rings. The van der Waals surface area contributed by atoms with E-state index in [1.54, 1.807) is 31.2 Å². The van der Waals surface area contributed by atoms with Gasteiger partial charge in [-0.05, 0) is 31.2 Å². The van der Waals surface area contributed by atoms with E-state index < -0.39 is 12.1 Å². The van der Waals surface area contributed by atoms with Crippen LogP contribution in [0, 0.1) is 6.92 Å². The Bertz CT molecular complexity index is 994. The molecule has 4 rings (SSSR count). The van der Waals surface area contributed by atoms with E-state index in [1.165, 1.54) is 13.3 Å². The molecule has 0 spiro atoms. The third-order valence-electron chi connectivity index (χ3n) is 6.08. The summed E-state index contributed by atoms with van der Waals surface area (Å²) in [6.07, 6.45) is 0.905. The van der Waals surface area contributed by atoms with Gasteiger partial charge in [0, 0.05) is 56.1 Å². The molecule has 3 heterocycles. The number of esters is 1. The van der Waals surface area contributed by atoms with Crippen molar-refractivity contribution in [2.75, 3.05) is 51.3 Å². The van der Waals surface area contributed by atoms with Gasteiger partial charge in [0.05, 0.1) is 30.5 Å². The summed E-state index contributed by atoms with van der Waals surface area (Å²) in [7, 11) is 1.32. The number of carbonyl (C=O) groups excluding carboxylic acids is 2. The minimum absolute atomic E-state index is 0.00974. The van der Waals surface area contributed by atoms with Crippen molar-refractivity contribution in [3.05, 3.63) is 52.3 Å². The molecule has 0 bridgehead atoms. The van der Waals surface area contributed by atoms with Crippen LogP contribution >= 0.6 is 11.6 Å². The summed E-state index contributed by atoms with van der Waals surface area (Å²) in [5.41, 5.74) is 1.49. The Hall–Kier alpha value is -2.75. The number of carbonyl (C=O) groups is 2. The quantitative estimate of drug-likeness (QED) is 0.682. The molecule has 2 aliphatic rings. The summed E-state index contributed by atoms with van der Waals surface area (Å²) in [5, 5.41) is 11.3. The third kappa shape index (κ3) is 4.55. The molecule has 1 N–H and O–H groups in total. The number of hydrogen-bond donors (Lipinski definition) is 1. The number of methoxy groups -OCH3 is 1. The lowest BCUT2D eigenvalue weighted by Gasteiger charge is -2.38. The SMILES string of the molecule is COC(=O)c1cnc(N2C[C@@H](O)[C@H](N3CCN(C(=O)c4ccc(Cl)cc4)CC3)C2)nc1C. The maximum absolute atomic E-state index is 12.7. The van der Waals surface area contributed by atoms with Gasteiger partial charge in [-0.1, -0.05) is 11.6 Å². The molecule has 0 radical (unpaired) electrons. The van der Waals surface area contributed by atoms with Gasteiger partial charge in [-0.2, -0.15) is 0 Å². The highest BCUT2D eigenvalue weighted by Crippen LogP contribution is 2.23. The second-order valence-corrected chi connectivity index (χ2v) is 8.47. The number of halogens is 1. The number of rotatable bonds is 4. The fraction of sp³-hybridized carbons (Fsp3) is 0.455. The molecule has 10 heteroatoms. The number of aliphatic hydroxyl groups is 1. The van der Waals surface area contributed by atoms with Crippen LogP contribution < -0.4 is 4.90 Å². The van der Waals surface area contributed by atoms with Crippen molar-refractivity contribution in [2.45, 2.75) is 19.1 Å². The van der Waals surface area contributed by atoms with Crippen LogP contribution in [0.25, 0.3) is 0 Å². The zero-order valence-corrected chi connectivity index (χ0v) is 18.8. The van der Waals surface area contributed by atoms with Crippen LogP contribution in [-0.2, 0) is 4.74 Å². The van der Waals surface area contributed by atoms with Crippen molar-refractivity contribution >= 4 is 29.4 Å². The number of benzene rings is 1. The zero-order chi connectivity index (χ0) is 22.8. The van der Waals surface area contributed by atoms with E-state index >= 15 is 0 Å². The van der Waals surface area contributed by atoms with Crippen LogP contribution in [0.2, 0.25) is 5.02 Å². The molecule has 2 aliphatic heterocycles. The number of ether oxygens (including phenoxy) is 1. The number of piperazine rings is 1. The normalized spacial score (nSPS) is 21.6. The molecule has 2 saturated heterocycles. The molecule has 9 nitrogen and oxygen atoms in total. The highest BCUT2D eigenvalue weighted by molar-refractivity contribution is 6.30. The molecule has 0 saturated carbocycles. The van der Waals surface area contributed by atoms with E-state index in [2.05, 4.69) is 14.9 Å². The van der Waals surface area contributed by atoms with E-state index in [-0.39, 0.29) is 11.9 Å². The number of hydrogen-bond acceptors (Lipinski definition) is 8. The summed E-state index contributed by atoms with van der Waals surface area (Å²) in [6, 6.07) is 6.84. The first kappa shape index (κ1) is 22.4. The van der Waals surface area contributed by atoms with E-state index in [0.29, 0.717) is 67.1 Å². The first-order valence-corrected chi connectivity index (χ1v) is 10.9. The average molecular weight is 460 g/mol. The number of aliphatic hydroxyl groups excluding tert-OH is 1. The Balaban J connectivity index is 1.36. The fourth-order valence-corrected chi connectivity index (χ4v) is 4.37. The smallest absolute Gasteiger partial charge is 0.341 e. The highest BCUT2D eigenvalue weighted by atomic mass is 35.5. The molecule has 2 atom stereocenters. The van der Waals surface area contributed by atoms with Gasteiger partial charge in [0.25, 0.3) is 5.91 Å². The van der Waals surface area contributed by atoms with Gasteiger partial charge in [-0.3, -0.25) is 9.69 Å². The Labute approximate surface area is 191 Å². The number of aromatic nitrogens is 2. The van der Waals surface area contributed by atoms with E-state index in [1.807, 2.05) is 9.80 Å². The molecule has 0 aliphatic carbocycles. The second kappa shape index (κ2) is 9.40. The van der Waals surface area contributed by atoms with Crippen LogP contribution in [0.15, 0.2) is 30.5 Å². The van der Waals surface area contributed by atoms with Crippen LogP contribution in [-0.4, -0.2) is 95.3 Å². The molecular weight excluding hydrogens is 434 g/mol. The summed E-state index contributed by atoms with van der Waals surface area (Å²) < 4.78 is 4.74. The van der Waals surface area contributed by atoms with Crippen molar-refractivity contribution in [3.8, 4) is 0 Å². The van der Waals surface area contributed by atoms with Gasteiger partial charge in [-0.25, -0.2) is 14.8 Å². The maximum atomic E-state index is 12.7. The molecular formula is C22H26ClN5O4. The summed E-state index contributed by atoms with van der Waals surface area (Å²) >= 11 is 5.91. The molecule has 0 unspecified atom stereocenters. The lowest BCUT2D eigenvalue weighted by molar-refractivity contribution is 0.0376. The summed E-state index contributed by atoms with van der Waals surface area (Å²) in [5.74, 6) is -0.00265. The molecule has 2 fully saturated rings. The molecule has 1 aromatic carbocycles. The maximum Gasteiger partial charge on any atom is 0.341 e. The largest absolute Gasteiger partial charge is 0.465 e. The van der Waals surface area contributed by atoms with Gasteiger partial charge in [0.1, 0.15) is 0 Å². The van der Waals surface area contributed by atoms with Gasteiger partial charge in [-0.15, -0.1) is 0 Å². The van der Waals surface area contributed by atoms with Gasteiger partial charge >= 0.3 is 5.97 Å². The number of aryl methyl sites for hydroxylation is 1. The minimum Gasteiger partial charge on any atom is -0.465 e. The summed E-state index contributed by atoms with van der Waals surface area (Å²) in [6.45, 7) is 5.25. The van der Waals surface area contributed by atoms with Gasteiger partial charge in [0.2, 0.25) is 5.95 Å². The highest BCUT2D eigenvalue weighted by Gasteiger charge is 2.38. The summed E-state index contributed by atoms with van der Waals surface area (Å²) in [4.78, 5) is 39.2. The second-order valence-electron chi connectivity index (χ2n) is 8.04. The predicted molar refractivity (Wildman–Crippen MR) is 119 cm³/mol. The lowest BCUT2D eigenvalue weighted by atomic mass is 10.1. The Morgan fingerprint density at radius 1 is 1.12 bits per heavy atom. The Morgan fingerprint density at radius 3 is 2.44 bits per heavy atom. The lowest BCUT2D eigenvalue weighted by Crippen LogP contribution is -2.54. The van der Waals surface area contributed by atoms with Gasteiger partial charge < -0.3 is 19.6 Å². The van der Waals surface area contributed by atoms with E-state index in [4.69, 9.17) is 16.3 Å². The number of amides is 1. The van der Waals surface area contributed by atoms with Crippen molar-refractivity contribution in [1.82, 2.24) is 19.8 Å². The van der Waals surface area contributed by atoms with E-state index in [9.17, 15) is 14.7 Å². The Morgan fingerprint density at radius 2 is 1.81 bits per heavy atom. The predicted octanol–water partition coefficient (Wildman–Crippen LogP) is 1.23. The first-order chi connectivity index (χ1) is 15.4. The van der Waals surface area contributed by atoms with Gasteiger partial charge in [0.15, 0.2) is 0 Å². The molecule has 32 heavy (non-hydrogen) atoms. The van der Waals surface area contributed by atoms with Crippen LogP contribution in [0.5, 0.6) is 0 Å². The van der Waals surface area contributed by atoms with E-state index in [0.717, 1.165) is 0 Å². The van der Waals surface area contributed by atoms with Crippen LogP contribution in [0.4, 0.5) is 5.95 Å². The third-order valence-corrected chi connectivity index (χ3v) is 6.33. The topological polar surface area (TPSA) is 99.1 Å². The van der Waals surface area contributed by atoms with Crippen LogP contribution in [0.3, 0.4) is 0 Å². The fourth-order valence-electron chi connectivity index (χ4n) is 4.24. The molecule has 170 valence electrons. The minimum atomic E-state index is -0.558. The first-order valence-electron chi connectivity index (χ1n) is 10.5. The standard InChI is InChI=1S/C22H26ClN5O4/c1-14-17(21(31)32-2)11-24-22(25-14)28-12-18(19(29)13-28)26-7-9-27(10-8-26)20(30)15-3-5-16(23)6-4-15/h3-6,11,18-19,29H,7-10,12-13H2,1-2H3/t18-,19-/m1/s1. The van der Waals surface area contributed by atoms with Crippen molar-refractivity contribution in [3.63, 3.8) is 0 Å². The zero-order valence-electron chi connectivity index (χ0n) is 18.1. The molecule has 1 aromatic heterocycles. The Kier molecular flexibility index (Phi) is 6.59. The number of nitrogens with zero attached hydrogens (tertiary/aromatic N) is 5. The van der Waals surface area contributed by atoms with Crippen LogP contribution in [0.1, 0.15) is 26.4 Å². The van der Waals surface area contributed by atoms with Crippen molar-refractivity contribution in [1.29, 1.82) is 0 Å². The number of β-amino-alcohol motifs (C(OH)–C–C–N with tert-alkyl or cyclic N) is 1. The number of anilines is 1. The average Bonchev–Trinajstić information content (AvgIpc) is 3.20. The molecule has 1 amide bonds. The monoisotopic (exact) mass is 459 g/mol. The van der Waals surface area contributed by atoms with Crippen molar-refractivity contribution in [2.24, 2.45) is 0 Å². The van der Waals surface area contributed by atoms with Crippen molar-refractivity contribution < 1.29 is 19.4 Å².